The molecule has 0 aliphatic heterocycles. The fraction of sp³-hybridized carbons (Fsp3) is 0.316. The molecule has 0 spiro atoms. The lowest BCUT2D eigenvalue weighted by Gasteiger charge is -2.14. The number of fused-ring (bicyclic) bond motifs is 1. The highest BCUT2D eigenvalue weighted by molar-refractivity contribution is 7.15. The summed E-state index contributed by atoms with van der Waals surface area (Å²) in [5.74, 6) is 0.674. The van der Waals surface area contributed by atoms with Gasteiger partial charge in [0.05, 0.1) is 13.2 Å². The molecule has 1 aromatic carbocycles. The number of anilines is 1. The SMILES string of the molecule is CCCOc1ccc(NC(=O)c2cnc3sccn3c2=O)cc1OCCC. The third-order valence-electron chi connectivity index (χ3n) is 3.71. The number of amides is 1. The van der Waals surface area contributed by atoms with E-state index in [9.17, 15) is 9.59 Å². The van der Waals surface area contributed by atoms with Crippen LogP contribution in [0.2, 0.25) is 0 Å². The smallest absolute Gasteiger partial charge is 0.271 e. The number of thiazole rings is 1. The summed E-state index contributed by atoms with van der Waals surface area (Å²) < 4.78 is 12.8. The Kier molecular flexibility index (Phi) is 6.08. The Bertz CT molecular complexity index is 996. The predicted molar refractivity (Wildman–Crippen MR) is 105 cm³/mol. The van der Waals surface area contributed by atoms with Crippen LogP contribution in [0.4, 0.5) is 5.69 Å². The molecule has 1 N–H and O–H groups in total. The lowest BCUT2D eigenvalue weighted by molar-refractivity contribution is 0.102. The quantitative estimate of drug-likeness (QED) is 0.639. The van der Waals surface area contributed by atoms with Crippen molar-refractivity contribution in [3.63, 3.8) is 0 Å². The molecular formula is C19H21N3O4S. The molecule has 0 unspecified atom stereocenters. The standard InChI is InChI=1S/C19H21N3O4S/c1-3-8-25-15-6-5-13(11-16(15)26-9-4-2)21-17(23)14-12-20-19-22(18(14)24)7-10-27-19/h5-7,10-12H,3-4,8-9H2,1-2H3,(H,21,23). The van der Waals surface area contributed by atoms with Gasteiger partial charge < -0.3 is 14.8 Å². The Morgan fingerprint density at radius 3 is 2.67 bits per heavy atom. The van der Waals surface area contributed by atoms with Crippen LogP contribution >= 0.6 is 11.3 Å². The number of nitrogens with one attached hydrogen (secondary N) is 1. The first-order valence-corrected chi connectivity index (χ1v) is 9.67. The van der Waals surface area contributed by atoms with Gasteiger partial charge in [0.1, 0.15) is 5.56 Å². The maximum absolute atomic E-state index is 12.5. The Hall–Kier alpha value is -2.87. The van der Waals surface area contributed by atoms with Gasteiger partial charge in [0, 0.05) is 29.5 Å². The second-order valence-electron chi connectivity index (χ2n) is 5.85. The van der Waals surface area contributed by atoms with Crippen molar-refractivity contribution in [2.45, 2.75) is 26.7 Å². The van der Waals surface area contributed by atoms with Crippen molar-refractivity contribution in [3.8, 4) is 11.5 Å². The Morgan fingerprint density at radius 2 is 1.93 bits per heavy atom. The average molecular weight is 387 g/mol. The minimum absolute atomic E-state index is 0.0202. The van der Waals surface area contributed by atoms with Gasteiger partial charge >= 0.3 is 0 Å². The van der Waals surface area contributed by atoms with Crippen LogP contribution in [0.15, 0.2) is 40.8 Å². The number of rotatable bonds is 8. The van der Waals surface area contributed by atoms with Crippen LogP contribution in [0.5, 0.6) is 11.5 Å². The van der Waals surface area contributed by atoms with E-state index in [1.165, 1.54) is 21.9 Å². The van der Waals surface area contributed by atoms with Crippen molar-refractivity contribution in [2.75, 3.05) is 18.5 Å². The van der Waals surface area contributed by atoms with Crippen LogP contribution in [-0.2, 0) is 0 Å². The van der Waals surface area contributed by atoms with E-state index in [2.05, 4.69) is 10.3 Å². The van der Waals surface area contributed by atoms with Crippen molar-refractivity contribution in [1.82, 2.24) is 9.38 Å². The molecule has 0 saturated heterocycles. The van der Waals surface area contributed by atoms with E-state index >= 15 is 0 Å². The molecule has 2 heterocycles. The van der Waals surface area contributed by atoms with Gasteiger partial charge in [-0.2, -0.15) is 0 Å². The van der Waals surface area contributed by atoms with Gasteiger partial charge in [-0.1, -0.05) is 13.8 Å². The Balaban J connectivity index is 1.83. The molecule has 8 heteroatoms. The van der Waals surface area contributed by atoms with E-state index in [1.807, 2.05) is 13.8 Å². The lowest BCUT2D eigenvalue weighted by Crippen LogP contribution is -2.25. The lowest BCUT2D eigenvalue weighted by atomic mass is 10.2. The van der Waals surface area contributed by atoms with Crippen LogP contribution in [0.1, 0.15) is 37.0 Å². The van der Waals surface area contributed by atoms with Gasteiger partial charge in [-0.3, -0.25) is 14.0 Å². The number of hydrogen-bond donors (Lipinski definition) is 1. The second-order valence-corrected chi connectivity index (χ2v) is 6.72. The van der Waals surface area contributed by atoms with Crippen LogP contribution in [-0.4, -0.2) is 28.5 Å². The zero-order chi connectivity index (χ0) is 19.2. The first-order valence-electron chi connectivity index (χ1n) is 8.80. The molecule has 0 atom stereocenters. The van der Waals surface area contributed by atoms with Crippen molar-refractivity contribution in [1.29, 1.82) is 0 Å². The molecule has 3 aromatic rings. The molecule has 0 aliphatic rings. The predicted octanol–water partition coefficient (Wildman–Crippen LogP) is 3.59. The molecule has 0 saturated carbocycles. The van der Waals surface area contributed by atoms with E-state index in [1.54, 1.807) is 29.8 Å². The van der Waals surface area contributed by atoms with Crippen LogP contribution in [0.25, 0.3) is 4.96 Å². The Morgan fingerprint density at radius 1 is 1.19 bits per heavy atom. The molecule has 0 fully saturated rings. The maximum Gasteiger partial charge on any atom is 0.271 e. The number of benzene rings is 1. The van der Waals surface area contributed by atoms with Crippen molar-refractivity contribution >= 4 is 27.9 Å². The first-order chi connectivity index (χ1) is 13.1. The summed E-state index contributed by atoms with van der Waals surface area (Å²) in [5.41, 5.74) is 0.0992. The van der Waals surface area contributed by atoms with Crippen LogP contribution in [0, 0.1) is 0 Å². The summed E-state index contributed by atoms with van der Waals surface area (Å²) in [6.07, 6.45) is 4.64. The largest absolute Gasteiger partial charge is 0.490 e. The van der Waals surface area contributed by atoms with Crippen molar-refractivity contribution in [3.05, 3.63) is 51.9 Å². The fourth-order valence-electron chi connectivity index (χ4n) is 2.42. The van der Waals surface area contributed by atoms with Gasteiger partial charge in [0.25, 0.3) is 11.5 Å². The van der Waals surface area contributed by atoms with Gasteiger partial charge in [-0.05, 0) is 25.0 Å². The number of hydrogen-bond acceptors (Lipinski definition) is 6. The first kappa shape index (κ1) is 18.9. The molecule has 0 radical (unpaired) electrons. The topological polar surface area (TPSA) is 81.9 Å². The molecule has 2 aromatic heterocycles. The number of aromatic nitrogens is 2. The zero-order valence-corrected chi connectivity index (χ0v) is 16.0. The third-order valence-corrected chi connectivity index (χ3v) is 4.48. The molecule has 0 bridgehead atoms. The summed E-state index contributed by atoms with van der Waals surface area (Å²) in [6, 6.07) is 5.17. The highest BCUT2D eigenvalue weighted by Crippen LogP contribution is 2.31. The highest BCUT2D eigenvalue weighted by Gasteiger charge is 2.15. The third kappa shape index (κ3) is 4.28. The van der Waals surface area contributed by atoms with E-state index < -0.39 is 11.5 Å². The van der Waals surface area contributed by atoms with Gasteiger partial charge in [-0.15, -0.1) is 11.3 Å². The number of nitrogens with zero attached hydrogens (tertiary/aromatic N) is 2. The van der Waals surface area contributed by atoms with Gasteiger partial charge in [0.15, 0.2) is 16.5 Å². The summed E-state index contributed by atoms with van der Waals surface area (Å²) in [4.78, 5) is 29.7. The molecule has 1 amide bonds. The summed E-state index contributed by atoms with van der Waals surface area (Å²) in [5, 5.41) is 4.48. The van der Waals surface area contributed by atoms with Gasteiger partial charge in [-0.25, -0.2) is 4.98 Å². The van der Waals surface area contributed by atoms with Crippen LogP contribution < -0.4 is 20.3 Å². The monoisotopic (exact) mass is 387 g/mol. The molecule has 27 heavy (non-hydrogen) atoms. The molecule has 7 nitrogen and oxygen atoms in total. The maximum atomic E-state index is 12.5. The molecule has 0 aliphatic carbocycles. The van der Waals surface area contributed by atoms with E-state index in [4.69, 9.17) is 9.47 Å². The van der Waals surface area contributed by atoms with E-state index in [0.29, 0.717) is 35.4 Å². The summed E-state index contributed by atoms with van der Waals surface area (Å²) in [7, 11) is 0. The second kappa shape index (κ2) is 8.68. The minimum atomic E-state index is -0.517. The van der Waals surface area contributed by atoms with Crippen molar-refractivity contribution in [2.24, 2.45) is 0 Å². The van der Waals surface area contributed by atoms with E-state index in [0.717, 1.165) is 12.8 Å². The van der Waals surface area contributed by atoms with Crippen LogP contribution in [0.3, 0.4) is 0 Å². The minimum Gasteiger partial charge on any atom is -0.490 e. The molecule has 142 valence electrons. The summed E-state index contributed by atoms with van der Waals surface area (Å²) in [6.45, 7) is 5.16. The van der Waals surface area contributed by atoms with Crippen molar-refractivity contribution < 1.29 is 14.3 Å². The summed E-state index contributed by atoms with van der Waals surface area (Å²) >= 11 is 1.33. The zero-order valence-electron chi connectivity index (χ0n) is 15.2. The number of ether oxygens (including phenoxy) is 2. The average Bonchev–Trinajstić information content (AvgIpc) is 3.15. The Labute approximate surface area is 160 Å². The van der Waals surface area contributed by atoms with E-state index in [-0.39, 0.29) is 5.56 Å². The van der Waals surface area contributed by atoms with Gasteiger partial charge in [0.2, 0.25) is 0 Å². The fourth-order valence-corrected chi connectivity index (χ4v) is 3.10. The normalized spacial score (nSPS) is 10.7. The molecule has 3 rings (SSSR count). The molecular weight excluding hydrogens is 366 g/mol. The number of carbonyl (C=O) groups excluding carboxylic acids is 1. The highest BCUT2D eigenvalue weighted by atomic mass is 32.1. The number of carbonyl (C=O) groups is 1.